The van der Waals surface area contributed by atoms with Gasteiger partial charge in [0.15, 0.2) is 10.6 Å². The van der Waals surface area contributed by atoms with E-state index in [1.54, 1.807) is 21.4 Å². The molecule has 1 aromatic heterocycles. The Morgan fingerprint density at radius 1 is 1.13 bits per heavy atom. The van der Waals surface area contributed by atoms with Gasteiger partial charge in [-0.15, -0.1) is 0 Å². The Morgan fingerprint density at radius 2 is 1.81 bits per heavy atom. The summed E-state index contributed by atoms with van der Waals surface area (Å²) in [6.07, 6.45) is 0. The van der Waals surface area contributed by atoms with Gasteiger partial charge in [0.05, 0.1) is 25.3 Å². The van der Waals surface area contributed by atoms with Gasteiger partial charge >= 0.3 is 5.97 Å². The number of esters is 1. The number of ether oxygens (including phenoxy) is 2. The lowest BCUT2D eigenvalue weighted by Gasteiger charge is -2.21. The van der Waals surface area contributed by atoms with Crippen LogP contribution in [0.3, 0.4) is 0 Å². The Labute approximate surface area is 195 Å². The van der Waals surface area contributed by atoms with Crippen LogP contribution in [0, 0.1) is 4.77 Å². The number of hydrogen-bond acceptors (Lipinski definition) is 6. The lowest BCUT2D eigenvalue weighted by Crippen LogP contribution is -2.32. The molecule has 0 saturated heterocycles. The van der Waals surface area contributed by atoms with Crippen LogP contribution in [0.5, 0.6) is 5.75 Å². The zero-order chi connectivity index (χ0) is 22.4. The molecule has 0 fully saturated rings. The molecule has 0 spiro atoms. The van der Waals surface area contributed by atoms with Gasteiger partial charge in [-0.1, -0.05) is 53.5 Å². The molecule has 164 valence electrons. The largest absolute Gasteiger partial charge is 0.484 e. The molecule has 0 unspecified atom stereocenters. The van der Waals surface area contributed by atoms with Crippen LogP contribution in [-0.2, 0) is 36.4 Å². The zero-order valence-electron chi connectivity index (χ0n) is 17.1. The third-order valence-electron chi connectivity index (χ3n) is 4.59. The minimum absolute atomic E-state index is 0.0610. The van der Waals surface area contributed by atoms with Crippen molar-refractivity contribution in [3.63, 3.8) is 0 Å². The fourth-order valence-electron chi connectivity index (χ4n) is 2.91. The van der Waals surface area contributed by atoms with Crippen LogP contribution in [0.2, 0.25) is 10.0 Å². The van der Waals surface area contributed by atoms with Gasteiger partial charge in [0, 0.05) is 18.6 Å². The van der Waals surface area contributed by atoms with E-state index in [-0.39, 0.29) is 25.8 Å². The van der Waals surface area contributed by atoms with Crippen LogP contribution in [0.25, 0.3) is 0 Å². The number of aromatic nitrogens is 3. The number of carbonyl (C=O) groups excluding carboxylic acids is 1. The zero-order valence-corrected chi connectivity index (χ0v) is 19.5. The SMILES string of the molecule is COC(=O)CN(Cc1ccccc1Cl)Cn1nc(COc2ccccc2Cl)n(C)c1=S. The average molecular weight is 481 g/mol. The molecule has 0 saturated carbocycles. The summed E-state index contributed by atoms with van der Waals surface area (Å²) in [6, 6.07) is 14.7. The van der Waals surface area contributed by atoms with E-state index >= 15 is 0 Å². The summed E-state index contributed by atoms with van der Waals surface area (Å²) >= 11 is 18.0. The van der Waals surface area contributed by atoms with E-state index in [4.69, 9.17) is 44.9 Å². The fourth-order valence-corrected chi connectivity index (χ4v) is 3.50. The summed E-state index contributed by atoms with van der Waals surface area (Å²) < 4.78 is 14.5. The Hall–Kier alpha value is -2.39. The van der Waals surface area contributed by atoms with Crippen molar-refractivity contribution in [1.82, 2.24) is 19.2 Å². The van der Waals surface area contributed by atoms with E-state index in [0.717, 1.165) is 5.56 Å². The van der Waals surface area contributed by atoms with Crippen LogP contribution < -0.4 is 4.74 Å². The van der Waals surface area contributed by atoms with Crippen LogP contribution in [0.15, 0.2) is 48.5 Å². The van der Waals surface area contributed by atoms with Gasteiger partial charge in [-0.2, -0.15) is 5.10 Å². The standard InChI is InChI=1S/C21H22Cl2N4O3S/c1-25-19(13-30-18-10-6-5-9-17(18)23)24-27(21(25)31)14-26(12-20(28)29-2)11-15-7-3-4-8-16(15)22/h3-10H,11-14H2,1-2H3. The van der Waals surface area contributed by atoms with Gasteiger partial charge in [0.25, 0.3) is 0 Å². The lowest BCUT2D eigenvalue weighted by atomic mass is 10.2. The monoisotopic (exact) mass is 480 g/mol. The maximum absolute atomic E-state index is 11.9. The molecule has 31 heavy (non-hydrogen) atoms. The van der Waals surface area contributed by atoms with E-state index in [9.17, 15) is 4.79 Å². The Balaban J connectivity index is 1.78. The van der Waals surface area contributed by atoms with E-state index in [1.165, 1.54) is 7.11 Å². The second kappa shape index (κ2) is 10.8. The highest BCUT2D eigenvalue weighted by Gasteiger charge is 2.17. The first-order chi connectivity index (χ1) is 14.9. The number of methoxy groups -OCH3 is 1. The number of rotatable bonds is 9. The molecule has 0 aliphatic heterocycles. The van der Waals surface area contributed by atoms with Gasteiger partial charge in [-0.25, -0.2) is 4.68 Å². The summed E-state index contributed by atoms with van der Waals surface area (Å²) in [5.41, 5.74) is 0.887. The first kappa shape index (κ1) is 23.3. The highest BCUT2D eigenvalue weighted by molar-refractivity contribution is 7.71. The van der Waals surface area contributed by atoms with Crippen molar-refractivity contribution in [2.24, 2.45) is 7.05 Å². The first-order valence-corrected chi connectivity index (χ1v) is 10.6. The number of benzene rings is 2. The number of para-hydroxylation sites is 1. The van der Waals surface area contributed by atoms with Crippen molar-refractivity contribution in [3.05, 3.63) is 74.7 Å². The van der Waals surface area contributed by atoms with Crippen molar-refractivity contribution in [1.29, 1.82) is 0 Å². The summed E-state index contributed by atoms with van der Waals surface area (Å²) in [7, 11) is 3.17. The smallest absolute Gasteiger partial charge is 0.319 e. The Kier molecular flexibility index (Phi) is 8.09. The van der Waals surface area contributed by atoms with Crippen molar-refractivity contribution in [3.8, 4) is 5.75 Å². The normalized spacial score (nSPS) is 11.0. The molecule has 1 heterocycles. The summed E-state index contributed by atoms with van der Waals surface area (Å²) in [5.74, 6) is 0.827. The number of nitrogens with zero attached hydrogens (tertiary/aromatic N) is 4. The minimum atomic E-state index is -0.364. The highest BCUT2D eigenvalue weighted by Crippen LogP contribution is 2.24. The van der Waals surface area contributed by atoms with E-state index < -0.39 is 0 Å². The third-order valence-corrected chi connectivity index (χ3v) is 5.76. The van der Waals surface area contributed by atoms with Crippen LogP contribution >= 0.6 is 35.4 Å². The van der Waals surface area contributed by atoms with Crippen LogP contribution in [0.4, 0.5) is 0 Å². The third kappa shape index (κ3) is 6.07. The van der Waals surface area contributed by atoms with Gasteiger partial charge in [0.1, 0.15) is 12.4 Å². The second-order valence-corrected chi connectivity index (χ2v) is 7.95. The first-order valence-electron chi connectivity index (χ1n) is 9.41. The number of halogens is 2. The summed E-state index contributed by atoms with van der Waals surface area (Å²) in [6.45, 7) is 0.960. The Bertz CT molecular complexity index is 1120. The van der Waals surface area contributed by atoms with E-state index in [0.29, 0.717) is 32.9 Å². The molecule has 0 aliphatic carbocycles. The summed E-state index contributed by atoms with van der Waals surface area (Å²) in [4.78, 5) is 13.8. The van der Waals surface area contributed by atoms with Crippen molar-refractivity contribution < 1.29 is 14.3 Å². The molecule has 0 atom stereocenters. The molecular formula is C21H22Cl2N4O3S. The van der Waals surface area contributed by atoms with Crippen LogP contribution in [-0.4, -0.2) is 38.9 Å². The predicted molar refractivity (Wildman–Crippen MR) is 122 cm³/mol. The van der Waals surface area contributed by atoms with E-state index in [2.05, 4.69) is 5.10 Å². The quantitative estimate of drug-likeness (QED) is 0.332. The molecule has 0 bridgehead atoms. The highest BCUT2D eigenvalue weighted by atomic mass is 35.5. The topological polar surface area (TPSA) is 61.5 Å². The molecule has 0 aliphatic rings. The van der Waals surface area contributed by atoms with Gasteiger partial charge in [-0.3, -0.25) is 9.69 Å². The average Bonchev–Trinajstić information content (AvgIpc) is 3.02. The second-order valence-electron chi connectivity index (χ2n) is 6.77. The molecule has 7 nitrogen and oxygen atoms in total. The van der Waals surface area contributed by atoms with Crippen LogP contribution in [0.1, 0.15) is 11.4 Å². The molecular weight excluding hydrogens is 459 g/mol. The minimum Gasteiger partial charge on any atom is -0.484 e. The van der Waals surface area contributed by atoms with E-state index in [1.807, 2.05) is 48.3 Å². The predicted octanol–water partition coefficient (Wildman–Crippen LogP) is 4.47. The lowest BCUT2D eigenvalue weighted by molar-refractivity contribution is -0.142. The molecule has 0 radical (unpaired) electrons. The maximum Gasteiger partial charge on any atom is 0.319 e. The van der Waals surface area contributed by atoms with Crippen molar-refractivity contribution in [2.75, 3.05) is 13.7 Å². The molecule has 2 aromatic carbocycles. The van der Waals surface area contributed by atoms with Gasteiger partial charge < -0.3 is 14.0 Å². The fraction of sp³-hybridized carbons (Fsp3) is 0.286. The van der Waals surface area contributed by atoms with Gasteiger partial charge in [0.2, 0.25) is 0 Å². The van der Waals surface area contributed by atoms with Gasteiger partial charge in [-0.05, 0) is 36.0 Å². The van der Waals surface area contributed by atoms with Crippen molar-refractivity contribution in [2.45, 2.75) is 19.8 Å². The maximum atomic E-state index is 11.9. The summed E-state index contributed by atoms with van der Waals surface area (Å²) in [5, 5.41) is 5.71. The van der Waals surface area contributed by atoms with Crippen molar-refractivity contribution >= 4 is 41.4 Å². The number of carbonyl (C=O) groups is 1. The molecule has 3 rings (SSSR count). The number of hydrogen-bond donors (Lipinski definition) is 0. The molecule has 0 amide bonds. The molecule has 0 N–H and O–H groups in total. The molecule has 10 heteroatoms. The molecule has 3 aromatic rings. The Morgan fingerprint density at radius 3 is 2.48 bits per heavy atom.